The number of anilines is 1. The molecule has 106 valence electrons. The molecule has 0 radical (unpaired) electrons. The third-order valence-corrected chi connectivity index (χ3v) is 4.22. The van der Waals surface area contributed by atoms with Crippen molar-refractivity contribution in [3.8, 4) is 0 Å². The van der Waals surface area contributed by atoms with E-state index in [1.54, 1.807) is 28.8 Å². The molecule has 0 unspecified atom stereocenters. The Bertz CT molecular complexity index is 586. The van der Waals surface area contributed by atoms with Crippen LogP contribution in [0.2, 0.25) is 0 Å². The van der Waals surface area contributed by atoms with Gasteiger partial charge in [0.2, 0.25) is 0 Å². The predicted molar refractivity (Wildman–Crippen MR) is 70.4 cm³/mol. The van der Waals surface area contributed by atoms with Crippen LogP contribution in [0.15, 0.2) is 12.3 Å². The summed E-state index contributed by atoms with van der Waals surface area (Å²) in [7, 11) is -1.93. The molecular formula is C10H17N5O3S. The Hall–Kier alpha value is -1.58. The molecule has 1 aromatic heterocycles. The number of amides is 1. The minimum atomic E-state index is -3.67. The molecule has 0 bridgehead atoms. The van der Waals surface area contributed by atoms with Crippen molar-refractivity contribution in [2.75, 3.05) is 31.9 Å². The molecule has 0 saturated carbocycles. The Labute approximate surface area is 111 Å². The van der Waals surface area contributed by atoms with Gasteiger partial charge in [0.25, 0.3) is 16.1 Å². The van der Waals surface area contributed by atoms with E-state index >= 15 is 0 Å². The van der Waals surface area contributed by atoms with Crippen LogP contribution >= 0.6 is 0 Å². The van der Waals surface area contributed by atoms with Crippen LogP contribution in [0.3, 0.4) is 0 Å². The number of aryl methyl sites for hydroxylation is 1. The van der Waals surface area contributed by atoms with Crippen molar-refractivity contribution in [1.82, 2.24) is 13.8 Å². The lowest BCUT2D eigenvalue weighted by Crippen LogP contribution is -2.52. The van der Waals surface area contributed by atoms with Gasteiger partial charge in [-0.05, 0) is 6.07 Å². The van der Waals surface area contributed by atoms with E-state index in [1.807, 2.05) is 0 Å². The maximum atomic E-state index is 12.2. The van der Waals surface area contributed by atoms with Crippen LogP contribution in [0, 0.1) is 0 Å². The molecule has 2 heterocycles. The zero-order valence-corrected chi connectivity index (χ0v) is 11.4. The van der Waals surface area contributed by atoms with Gasteiger partial charge < -0.3 is 15.2 Å². The maximum Gasteiger partial charge on any atom is 0.277 e. The van der Waals surface area contributed by atoms with E-state index in [0.29, 0.717) is 24.5 Å². The molecule has 0 atom stereocenters. The summed E-state index contributed by atoms with van der Waals surface area (Å²) < 4.78 is 25.2. The molecule has 2 rings (SSSR count). The number of hydrogen-bond acceptors (Lipinski definition) is 4. The van der Waals surface area contributed by atoms with E-state index in [1.165, 1.54) is 0 Å². The van der Waals surface area contributed by atoms with Gasteiger partial charge in [-0.25, -0.2) is 5.14 Å². The third kappa shape index (κ3) is 2.88. The maximum absolute atomic E-state index is 12.2. The van der Waals surface area contributed by atoms with E-state index in [9.17, 15) is 13.2 Å². The van der Waals surface area contributed by atoms with Crippen LogP contribution in [-0.4, -0.2) is 54.3 Å². The summed E-state index contributed by atoms with van der Waals surface area (Å²) in [6, 6.07) is 1.61. The minimum Gasteiger partial charge on any atom is -0.397 e. The number of aromatic nitrogens is 1. The summed E-state index contributed by atoms with van der Waals surface area (Å²) in [6.45, 7) is 1.07. The molecule has 1 aliphatic heterocycles. The Morgan fingerprint density at radius 1 is 1.26 bits per heavy atom. The first-order chi connectivity index (χ1) is 8.79. The first-order valence-corrected chi connectivity index (χ1v) is 7.28. The lowest BCUT2D eigenvalue weighted by molar-refractivity contribution is 0.0688. The molecule has 0 aromatic carbocycles. The number of nitrogen functional groups attached to an aromatic ring is 1. The van der Waals surface area contributed by atoms with Crippen molar-refractivity contribution in [2.24, 2.45) is 12.2 Å². The van der Waals surface area contributed by atoms with Gasteiger partial charge in [-0.2, -0.15) is 12.7 Å². The number of carbonyl (C=O) groups excluding carboxylic acids is 1. The summed E-state index contributed by atoms with van der Waals surface area (Å²) in [5, 5.41) is 5.04. The second kappa shape index (κ2) is 4.83. The molecule has 9 heteroatoms. The van der Waals surface area contributed by atoms with Gasteiger partial charge in [-0.1, -0.05) is 0 Å². The van der Waals surface area contributed by atoms with Gasteiger partial charge in [0.15, 0.2) is 0 Å². The van der Waals surface area contributed by atoms with Crippen molar-refractivity contribution in [3.05, 3.63) is 18.0 Å². The molecular weight excluding hydrogens is 270 g/mol. The highest BCUT2D eigenvalue weighted by Gasteiger charge is 2.27. The minimum absolute atomic E-state index is 0.159. The van der Waals surface area contributed by atoms with Crippen molar-refractivity contribution in [3.63, 3.8) is 0 Å². The normalized spacial score (nSPS) is 17.7. The van der Waals surface area contributed by atoms with Crippen LogP contribution in [0.1, 0.15) is 10.5 Å². The zero-order chi connectivity index (χ0) is 14.2. The highest BCUT2D eigenvalue weighted by Crippen LogP contribution is 2.13. The van der Waals surface area contributed by atoms with Gasteiger partial charge >= 0.3 is 0 Å². The topological polar surface area (TPSA) is 115 Å². The largest absolute Gasteiger partial charge is 0.397 e. The smallest absolute Gasteiger partial charge is 0.277 e. The van der Waals surface area contributed by atoms with Crippen molar-refractivity contribution in [2.45, 2.75) is 0 Å². The molecule has 1 fully saturated rings. The van der Waals surface area contributed by atoms with E-state index in [-0.39, 0.29) is 19.0 Å². The third-order valence-electron chi connectivity index (χ3n) is 3.13. The molecule has 1 aliphatic rings. The van der Waals surface area contributed by atoms with Crippen molar-refractivity contribution in [1.29, 1.82) is 0 Å². The van der Waals surface area contributed by atoms with Crippen LogP contribution in [0.25, 0.3) is 0 Å². The fourth-order valence-electron chi connectivity index (χ4n) is 2.11. The molecule has 19 heavy (non-hydrogen) atoms. The average Bonchev–Trinajstić information content (AvgIpc) is 2.66. The Morgan fingerprint density at radius 2 is 1.84 bits per heavy atom. The fraction of sp³-hybridized carbons (Fsp3) is 0.500. The van der Waals surface area contributed by atoms with E-state index in [0.717, 1.165) is 4.31 Å². The summed E-state index contributed by atoms with van der Waals surface area (Å²) in [5.41, 5.74) is 6.64. The van der Waals surface area contributed by atoms with E-state index < -0.39 is 10.2 Å². The lowest BCUT2D eigenvalue weighted by atomic mass is 10.3. The average molecular weight is 287 g/mol. The van der Waals surface area contributed by atoms with Crippen LogP contribution < -0.4 is 10.9 Å². The second-order valence-corrected chi connectivity index (χ2v) is 6.05. The number of rotatable bonds is 2. The first-order valence-electron chi connectivity index (χ1n) is 5.78. The van der Waals surface area contributed by atoms with Crippen LogP contribution in [-0.2, 0) is 17.3 Å². The van der Waals surface area contributed by atoms with Gasteiger partial charge in [0.05, 0.1) is 5.69 Å². The standard InChI is InChI=1S/C10H17N5O3S/c1-13-7-8(11)6-9(13)10(16)14-2-4-15(5-3-14)19(12,17)18/h6-7H,2-5,11H2,1H3,(H2,12,17,18). The quantitative estimate of drug-likeness (QED) is 0.693. The number of nitrogens with two attached hydrogens (primary N) is 2. The Morgan fingerprint density at radius 3 is 2.26 bits per heavy atom. The van der Waals surface area contributed by atoms with Gasteiger partial charge in [0.1, 0.15) is 5.69 Å². The number of piperazine rings is 1. The van der Waals surface area contributed by atoms with Gasteiger partial charge in [-0.15, -0.1) is 0 Å². The molecule has 4 N–H and O–H groups in total. The fourth-order valence-corrected chi connectivity index (χ4v) is 2.78. The van der Waals surface area contributed by atoms with Crippen molar-refractivity contribution < 1.29 is 13.2 Å². The van der Waals surface area contributed by atoms with E-state index in [2.05, 4.69) is 0 Å². The molecule has 1 amide bonds. The summed E-state index contributed by atoms with van der Waals surface area (Å²) in [6.07, 6.45) is 1.66. The summed E-state index contributed by atoms with van der Waals surface area (Å²) in [5.74, 6) is -0.159. The number of hydrogen-bond donors (Lipinski definition) is 2. The predicted octanol–water partition coefficient (Wildman–Crippen LogP) is -1.43. The molecule has 0 spiro atoms. The monoisotopic (exact) mass is 287 g/mol. The van der Waals surface area contributed by atoms with Crippen LogP contribution in [0.4, 0.5) is 5.69 Å². The van der Waals surface area contributed by atoms with Gasteiger partial charge in [0, 0.05) is 39.4 Å². The van der Waals surface area contributed by atoms with Crippen LogP contribution in [0.5, 0.6) is 0 Å². The number of carbonyl (C=O) groups is 1. The zero-order valence-electron chi connectivity index (χ0n) is 10.6. The van der Waals surface area contributed by atoms with E-state index in [4.69, 9.17) is 10.9 Å². The number of nitrogens with zero attached hydrogens (tertiary/aromatic N) is 3. The van der Waals surface area contributed by atoms with Gasteiger partial charge in [-0.3, -0.25) is 4.79 Å². The molecule has 8 nitrogen and oxygen atoms in total. The highest BCUT2D eigenvalue weighted by molar-refractivity contribution is 7.86. The summed E-state index contributed by atoms with van der Waals surface area (Å²) in [4.78, 5) is 13.8. The molecule has 1 saturated heterocycles. The highest BCUT2D eigenvalue weighted by atomic mass is 32.2. The molecule has 0 aliphatic carbocycles. The SMILES string of the molecule is Cn1cc(N)cc1C(=O)N1CCN(S(N)(=O)=O)CC1. The first kappa shape index (κ1) is 13.8. The Kier molecular flexibility index (Phi) is 3.52. The lowest BCUT2D eigenvalue weighted by Gasteiger charge is -2.32. The molecule has 1 aromatic rings. The second-order valence-electron chi connectivity index (χ2n) is 4.51. The summed E-state index contributed by atoms with van der Waals surface area (Å²) >= 11 is 0. The van der Waals surface area contributed by atoms with Crippen molar-refractivity contribution >= 4 is 21.8 Å². The Balaban J connectivity index is 2.06.